The average molecular weight is 228 g/mol. The molecule has 0 saturated carbocycles. The summed E-state index contributed by atoms with van der Waals surface area (Å²) in [5, 5.41) is 0. The lowest BCUT2D eigenvalue weighted by Crippen LogP contribution is -1.93. The van der Waals surface area contributed by atoms with Crippen LogP contribution in [0.1, 0.15) is 13.3 Å². The van der Waals surface area contributed by atoms with Gasteiger partial charge in [-0.2, -0.15) is 0 Å². The van der Waals surface area contributed by atoms with Crippen molar-refractivity contribution in [1.29, 1.82) is 0 Å². The fourth-order valence-electron chi connectivity index (χ4n) is 1.29. The first-order chi connectivity index (χ1) is 8.30. The molecule has 0 N–H and O–H groups in total. The van der Waals surface area contributed by atoms with E-state index < -0.39 is 0 Å². The molecule has 1 aromatic rings. The monoisotopic (exact) mass is 228 g/mol. The molecule has 0 saturated heterocycles. The van der Waals surface area contributed by atoms with Crippen LogP contribution in [0.3, 0.4) is 0 Å². The van der Waals surface area contributed by atoms with Crippen molar-refractivity contribution in [3.63, 3.8) is 0 Å². The number of hydrogen-bond donors (Lipinski definition) is 0. The number of hydrogen-bond acceptors (Lipinski definition) is 2. The molecular weight excluding hydrogens is 212 g/mol. The van der Waals surface area contributed by atoms with Gasteiger partial charge in [-0.15, -0.1) is 0 Å². The van der Waals surface area contributed by atoms with Gasteiger partial charge in [-0.3, -0.25) is 0 Å². The van der Waals surface area contributed by atoms with Crippen molar-refractivity contribution >= 4 is 6.29 Å². The minimum atomic E-state index is 0.381. The predicted octanol–water partition coefficient (Wildman–Crippen LogP) is 3.67. The molecule has 0 radical (unpaired) electrons. The highest BCUT2D eigenvalue weighted by Gasteiger charge is 1.98. The third kappa shape index (κ3) is 4.51. The molecule has 0 amide bonds. The lowest BCUT2D eigenvalue weighted by molar-refractivity contribution is -0.107. The van der Waals surface area contributed by atoms with Crippen molar-refractivity contribution in [2.75, 3.05) is 0 Å². The van der Waals surface area contributed by atoms with Gasteiger partial charge in [-0.05, 0) is 36.8 Å². The molecule has 0 aromatic heterocycles. The number of carbonyl (C=O) groups is 1. The lowest BCUT2D eigenvalue weighted by Gasteiger charge is -2.06. The summed E-state index contributed by atoms with van der Waals surface area (Å²) in [5.41, 5.74) is 0.908. The van der Waals surface area contributed by atoms with E-state index in [0.29, 0.717) is 12.2 Å². The number of rotatable bonds is 6. The highest BCUT2D eigenvalue weighted by molar-refractivity contribution is 5.56. The molecule has 0 aliphatic heterocycles. The maximum Gasteiger partial charge on any atom is 0.127 e. The van der Waals surface area contributed by atoms with Crippen molar-refractivity contribution in [1.82, 2.24) is 0 Å². The van der Waals surface area contributed by atoms with E-state index >= 15 is 0 Å². The Balaban J connectivity index is 2.81. The SMILES string of the molecule is C=C/C(=C\C(=C/C)CC=O)Oc1ccccc1. The number of aldehydes is 1. The summed E-state index contributed by atoms with van der Waals surface area (Å²) < 4.78 is 5.63. The second-order valence-corrected chi connectivity index (χ2v) is 3.40. The van der Waals surface area contributed by atoms with E-state index in [2.05, 4.69) is 6.58 Å². The number of carbonyl (C=O) groups excluding carboxylic acids is 1. The molecule has 2 heteroatoms. The molecular formula is C15H16O2. The van der Waals surface area contributed by atoms with Gasteiger partial charge in [0, 0.05) is 6.42 Å². The van der Waals surface area contributed by atoms with Crippen LogP contribution in [0.4, 0.5) is 0 Å². The average Bonchev–Trinajstić information content (AvgIpc) is 2.38. The molecule has 0 aliphatic rings. The first-order valence-electron chi connectivity index (χ1n) is 5.46. The largest absolute Gasteiger partial charge is 0.457 e. The Morgan fingerprint density at radius 2 is 2.06 bits per heavy atom. The van der Waals surface area contributed by atoms with E-state index in [1.54, 1.807) is 6.08 Å². The zero-order valence-electron chi connectivity index (χ0n) is 9.93. The zero-order valence-corrected chi connectivity index (χ0v) is 9.93. The molecule has 2 nitrogen and oxygen atoms in total. The molecule has 1 aromatic carbocycles. The topological polar surface area (TPSA) is 26.3 Å². The normalized spacial score (nSPS) is 12.1. The minimum Gasteiger partial charge on any atom is -0.457 e. The van der Waals surface area contributed by atoms with Gasteiger partial charge < -0.3 is 9.53 Å². The Labute approximate surface area is 102 Å². The van der Waals surface area contributed by atoms with Crippen molar-refractivity contribution < 1.29 is 9.53 Å². The summed E-state index contributed by atoms with van der Waals surface area (Å²) in [6.07, 6.45) is 6.57. The minimum absolute atomic E-state index is 0.381. The highest BCUT2D eigenvalue weighted by atomic mass is 16.5. The van der Waals surface area contributed by atoms with Crippen LogP contribution < -0.4 is 4.74 Å². The molecule has 0 fully saturated rings. The molecule has 88 valence electrons. The summed E-state index contributed by atoms with van der Waals surface area (Å²) in [7, 11) is 0. The predicted molar refractivity (Wildman–Crippen MR) is 69.8 cm³/mol. The van der Waals surface area contributed by atoms with E-state index in [9.17, 15) is 4.79 Å². The molecule has 0 aliphatic carbocycles. The standard InChI is InChI=1S/C15H16O2/c1-3-13(10-11-16)12-14(4-2)17-15-8-6-5-7-9-15/h3-9,11-12H,2,10H2,1H3/b13-3-,14-12+. The smallest absolute Gasteiger partial charge is 0.127 e. The van der Waals surface area contributed by atoms with Crippen molar-refractivity contribution in [2.24, 2.45) is 0 Å². The molecule has 0 spiro atoms. The number of para-hydroxylation sites is 1. The Morgan fingerprint density at radius 3 is 2.59 bits per heavy atom. The third-order valence-corrected chi connectivity index (χ3v) is 2.20. The quantitative estimate of drug-likeness (QED) is 0.422. The Kier molecular flexibility index (Phi) is 5.52. The Morgan fingerprint density at radius 1 is 1.35 bits per heavy atom. The Hall–Kier alpha value is -2.09. The number of allylic oxidation sites excluding steroid dienone is 4. The molecule has 0 heterocycles. The molecule has 0 bridgehead atoms. The van der Waals surface area contributed by atoms with Gasteiger partial charge in [0.25, 0.3) is 0 Å². The van der Waals surface area contributed by atoms with Gasteiger partial charge in [0.05, 0.1) is 0 Å². The van der Waals surface area contributed by atoms with Crippen LogP contribution in [-0.2, 0) is 4.79 Å². The first-order valence-corrected chi connectivity index (χ1v) is 5.46. The lowest BCUT2D eigenvalue weighted by atomic mass is 10.1. The van der Waals surface area contributed by atoms with Crippen LogP contribution in [0.25, 0.3) is 0 Å². The summed E-state index contributed by atoms with van der Waals surface area (Å²) >= 11 is 0. The highest BCUT2D eigenvalue weighted by Crippen LogP contribution is 2.15. The third-order valence-electron chi connectivity index (χ3n) is 2.20. The molecule has 1 rings (SSSR count). The van der Waals surface area contributed by atoms with Crippen molar-refractivity contribution in [3.8, 4) is 5.75 Å². The molecule has 17 heavy (non-hydrogen) atoms. The van der Waals surface area contributed by atoms with Gasteiger partial charge >= 0.3 is 0 Å². The number of benzene rings is 1. The Bertz CT molecular complexity index is 427. The van der Waals surface area contributed by atoms with E-state index in [1.165, 1.54) is 0 Å². The van der Waals surface area contributed by atoms with Crippen molar-refractivity contribution in [2.45, 2.75) is 13.3 Å². The van der Waals surface area contributed by atoms with Crippen LogP contribution in [0.5, 0.6) is 5.75 Å². The van der Waals surface area contributed by atoms with Crippen LogP contribution in [0, 0.1) is 0 Å². The van der Waals surface area contributed by atoms with Gasteiger partial charge in [0.2, 0.25) is 0 Å². The second kappa shape index (κ2) is 7.23. The van der Waals surface area contributed by atoms with E-state index in [-0.39, 0.29) is 0 Å². The van der Waals surface area contributed by atoms with Gasteiger partial charge in [-0.1, -0.05) is 30.9 Å². The fraction of sp³-hybridized carbons (Fsp3) is 0.133. The zero-order chi connectivity index (χ0) is 12.5. The fourth-order valence-corrected chi connectivity index (χ4v) is 1.29. The van der Waals surface area contributed by atoms with Gasteiger partial charge in [-0.25, -0.2) is 0 Å². The maximum absolute atomic E-state index is 10.5. The maximum atomic E-state index is 10.5. The second-order valence-electron chi connectivity index (χ2n) is 3.40. The van der Waals surface area contributed by atoms with E-state index in [4.69, 9.17) is 4.74 Å². The van der Waals surface area contributed by atoms with Crippen LogP contribution in [-0.4, -0.2) is 6.29 Å². The van der Waals surface area contributed by atoms with Crippen LogP contribution in [0.15, 0.2) is 66.5 Å². The van der Waals surface area contributed by atoms with Crippen molar-refractivity contribution in [3.05, 3.63) is 66.5 Å². The van der Waals surface area contributed by atoms with E-state index in [0.717, 1.165) is 17.6 Å². The summed E-state index contributed by atoms with van der Waals surface area (Å²) in [4.78, 5) is 10.5. The van der Waals surface area contributed by atoms with Crippen LogP contribution >= 0.6 is 0 Å². The van der Waals surface area contributed by atoms with Crippen LogP contribution in [0.2, 0.25) is 0 Å². The summed E-state index contributed by atoms with van der Waals surface area (Å²) in [6, 6.07) is 9.46. The first kappa shape index (κ1) is 13.0. The number of ether oxygens (including phenoxy) is 1. The van der Waals surface area contributed by atoms with Gasteiger partial charge in [0.15, 0.2) is 0 Å². The molecule has 0 unspecified atom stereocenters. The summed E-state index contributed by atoms with van der Waals surface area (Å²) in [5.74, 6) is 1.38. The van der Waals surface area contributed by atoms with E-state index in [1.807, 2.05) is 49.4 Å². The van der Waals surface area contributed by atoms with Gasteiger partial charge in [0.1, 0.15) is 17.8 Å². The molecule has 0 atom stereocenters. The summed E-state index contributed by atoms with van der Waals surface area (Å²) in [6.45, 7) is 5.58.